The largest absolute Gasteiger partial charge is 0.388 e. The summed E-state index contributed by atoms with van der Waals surface area (Å²) in [6.45, 7) is 3.68. The number of amides is 1. The lowest BCUT2D eigenvalue weighted by molar-refractivity contribution is -0.0383. The third-order valence-corrected chi connectivity index (χ3v) is 5.51. The summed E-state index contributed by atoms with van der Waals surface area (Å²) in [7, 11) is 0. The Kier molecular flexibility index (Phi) is 5.22. The Labute approximate surface area is 159 Å². The number of likely N-dealkylation sites (tertiary alicyclic amines) is 1. The molecule has 0 spiro atoms. The quantitative estimate of drug-likeness (QED) is 0.772. The van der Waals surface area contributed by atoms with Crippen LogP contribution in [0.1, 0.15) is 41.7 Å². The highest BCUT2D eigenvalue weighted by molar-refractivity contribution is 5.91. The van der Waals surface area contributed by atoms with Gasteiger partial charge in [0.05, 0.1) is 18.3 Å². The molecule has 7 heteroatoms. The standard InChI is InChI=1S/C20H27N5O2/c26-19(21-12-16-6-7-16)18-14-25(23-22-18)15-20(27)8-10-24(11-9-20)13-17-4-2-1-3-5-17/h1-5,14,16,27H,6-13,15H2,(H,21,26). The summed E-state index contributed by atoms with van der Waals surface area (Å²) in [4.78, 5) is 14.4. The number of nitrogens with zero attached hydrogens (tertiary/aromatic N) is 4. The van der Waals surface area contributed by atoms with Crippen LogP contribution in [0.15, 0.2) is 36.5 Å². The Bertz CT molecular complexity index is 764. The fourth-order valence-electron chi connectivity index (χ4n) is 3.56. The van der Waals surface area contributed by atoms with Crippen molar-refractivity contribution in [2.24, 2.45) is 5.92 Å². The van der Waals surface area contributed by atoms with Gasteiger partial charge in [0, 0.05) is 26.2 Å². The van der Waals surface area contributed by atoms with E-state index >= 15 is 0 Å². The molecule has 1 saturated carbocycles. The van der Waals surface area contributed by atoms with Crippen molar-refractivity contribution in [3.63, 3.8) is 0 Å². The number of aliphatic hydroxyl groups is 1. The molecule has 2 heterocycles. The number of carbonyl (C=O) groups is 1. The topological polar surface area (TPSA) is 83.3 Å². The number of hydrogen-bond donors (Lipinski definition) is 2. The Morgan fingerprint density at radius 2 is 1.96 bits per heavy atom. The summed E-state index contributed by atoms with van der Waals surface area (Å²) in [6, 6.07) is 10.4. The SMILES string of the molecule is O=C(NCC1CC1)c1cn(CC2(O)CCN(Cc3ccccc3)CC2)nn1. The van der Waals surface area contributed by atoms with Crippen LogP contribution in [0.4, 0.5) is 0 Å². The monoisotopic (exact) mass is 369 g/mol. The average Bonchev–Trinajstić information content (AvgIpc) is 3.40. The van der Waals surface area contributed by atoms with Crippen LogP contribution in [0.2, 0.25) is 0 Å². The van der Waals surface area contributed by atoms with Gasteiger partial charge in [-0.3, -0.25) is 9.69 Å². The first-order chi connectivity index (χ1) is 13.1. The molecule has 4 rings (SSSR count). The molecule has 1 amide bonds. The lowest BCUT2D eigenvalue weighted by Crippen LogP contribution is -2.46. The van der Waals surface area contributed by atoms with Gasteiger partial charge < -0.3 is 10.4 Å². The second kappa shape index (κ2) is 7.78. The highest BCUT2D eigenvalue weighted by Gasteiger charge is 2.33. The molecule has 1 aromatic heterocycles. The highest BCUT2D eigenvalue weighted by atomic mass is 16.3. The van der Waals surface area contributed by atoms with Gasteiger partial charge in [0.1, 0.15) is 0 Å². The third kappa shape index (κ3) is 4.93. The van der Waals surface area contributed by atoms with E-state index in [-0.39, 0.29) is 5.91 Å². The van der Waals surface area contributed by atoms with Crippen LogP contribution >= 0.6 is 0 Å². The molecular formula is C20H27N5O2. The molecule has 0 atom stereocenters. The van der Waals surface area contributed by atoms with Gasteiger partial charge in [-0.15, -0.1) is 5.10 Å². The minimum Gasteiger partial charge on any atom is -0.388 e. The normalized spacial score (nSPS) is 19.7. The van der Waals surface area contributed by atoms with Crippen LogP contribution in [-0.2, 0) is 13.1 Å². The van der Waals surface area contributed by atoms with Gasteiger partial charge in [-0.2, -0.15) is 0 Å². The van der Waals surface area contributed by atoms with Gasteiger partial charge in [0.2, 0.25) is 0 Å². The van der Waals surface area contributed by atoms with Crippen molar-refractivity contribution in [3.05, 3.63) is 47.8 Å². The summed E-state index contributed by atoms with van der Waals surface area (Å²) in [6.07, 6.45) is 5.39. The molecule has 0 bridgehead atoms. The maximum atomic E-state index is 12.1. The van der Waals surface area contributed by atoms with Gasteiger partial charge in [-0.25, -0.2) is 4.68 Å². The number of piperidine rings is 1. The van der Waals surface area contributed by atoms with Gasteiger partial charge in [0.15, 0.2) is 5.69 Å². The molecule has 27 heavy (non-hydrogen) atoms. The van der Waals surface area contributed by atoms with E-state index in [4.69, 9.17) is 0 Å². The van der Waals surface area contributed by atoms with Gasteiger partial charge in [-0.05, 0) is 37.2 Å². The fourth-order valence-corrected chi connectivity index (χ4v) is 3.56. The third-order valence-electron chi connectivity index (χ3n) is 5.51. The van der Waals surface area contributed by atoms with Gasteiger partial charge in [-0.1, -0.05) is 35.5 Å². The van der Waals surface area contributed by atoms with Gasteiger partial charge >= 0.3 is 0 Å². The number of hydrogen-bond acceptors (Lipinski definition) is 5. The summed E-state index contributed by atoms with van der Waals surface area (Å²) < 4.78 is 1.60. The predicted octanol–water partition coefficient (Wildman–Crippen LogP) is 1.44. The summed E-state index contributed by atoms with van der Waals surface area (Å²) in [5.74, 6) is 0.448. The van der Waals surface area contributed by atoms with Crippen LogP contribution in [0.5, 0.6) is 0 Å². The summed E-state index contributed by atoms with van der Waals surface area (Å²) in [5.41, 5.74) is 0.810. The van der Waals surface area contributed by atoms with Crippen molar-refractivity contribution in [1.29, 1.82) is 0 Å². The van der Waals surface area contributed by atoms with Crippen molar-refractivity contribution >= 4 is 5.91 Å². The Hall–Kier alpha value is -2.25. The Balaban J connectivity index is 1.27. The van der Waals surface area contributed by atoms with Crippen molar-refractivity contribution in [2.75, 3.05) is 19.6 Å². The second-order valence-electron chi connectivity index (χ2n) is 7.94. The van der Waals surface area contributed by atoms with E-state index in [1.165, 1.54) is 18.4 Å². The fraction of sp³-hybridized carbons (Fsp3) is 0.550. The molecule has 2 aliphatic rings. The molecule has 1 aliphatic heterocycles. The van der Waals surface area contributed by atoms with E-state index < -0.39 is 5.60 Å². The molecule has 1 aliphatic carbocycles. The summed E-state index contributed by atoms with van der Waals surface area (Å²) in [5, 5.41) is 21.8. The van der Waals surface area contributed by atoms with Crippen LogP contribution in [0, 0.1) is 5.92 Å². The summed E-state index contributed by atoms with van der Waals surface area (Å²) >= 11 is 0. The average molecular weight is 369 g/mol. The number of aromatic nitrogens is 3. The molecule has 7 nitrogen and oxygen atoms in total. The molecular weight excluding hydrogens is 342 g/mol. The molecule has 2 aromatic rings. The first-order valence-electron chi connectivity index (χ1n) is 9.77. The molecule has 0 unspecified atom stereocenters. The molecule has 2 N–H and O–H groups in total. The van der Waals surface area contributed by atoms with E-state index in [0.29, 0.717) is 37.5 Å². The number of benzene rings is 1. The molecule has 1 saturated heterocycles. The van der Waals surface area contributed by atoms with E-state index in [2.05, 4.69) is 44.8 Å². The maximum Gasteiger partial charge on any atom is 0.273 e. The first kappa shape index (κ1) is 18.1. The molecule has 144 valence electrons. The number of nitrogens with one attached hydrogen (secondary N) is 1. The van der Waals surface area contributed by atoms with Gasteiger partial charge in [0.25, 0.3) is 5.91 Å². The van der Waals surface area contributed by atoms with E-state index in [9.17, 15) is 9.90 Å². The lowest BCUT2D eigenvalue weighted by Gasteiger charge is -2.38. The van der Waals surface area contributed by atoms with E-state index in [1.54, 1.807) is 10.9 Å². The van der Waals surface area contributed by atoms with Crippen molar-refractivity contribution in [1.82, 2.24) is 25.2 Å². The predicted molar refractivity (Wildman–Crippen MR) is 101 cm³/mol. The Morgan fingerprint density at radius 3 is 2.67 bits per heavy atom. The second-order valence-corrected chi connectivity index (χ2v) is 7.94. The smallest absolute Gasteiger partial charge is 0.273 e. The number of rotatable bonds is 7. The van der Waals surface area contributed by atoms with E-state index in [1.807, 2.05) is 6.07 Å². The zero-order valence-corrected chi connectivity index (χ0v) is 15.5. The minimum atomic E-state index is -0.803. The lowest BCUT2D eigenvalue weighted by atomic mass is 9.91. The van der Waals surface area contributed by atoms with Crippen molar-refractivity contribution in [2.45, 2.75) is 44.4 Å². The van der Waals surface area contributed by atoms with Crippen LogP contribution in [0.25, 0.3) is 0 Å². The highest BCUT2D eigenvalue weighted by Crippen LogP contribution is 2.27. The number of carbonyl (C=O) groups excluding carboxylic acids is 1. The van der Waals surface area contributed by atoms with Crippen LogP contribution < -0.4 is 5.32 Å². The first-order valence-corrected chi connectivity index (χ1v) is 9.77. The molecule has 2 fully saturated rings. The molecule has 1 aromatic carbocycles. The zero-order valence-electron chi connectivity index (χ0n) is 15.5. The van der Waals surface area contributed by atoms with Crippen molar-refractivity contribution < 1.29 is 9.90 Å². The molecule has 0 radical (unpaired) electrons. The maximum absolute atomic E-state index is 12.1. The van der Waals surface area contributed by atoms with Crippen molar-refractivity contribution in [3.8, 4) is 0 Å². The minimum absolute atomic E-state index is 0.183. The van der Waals surface area contributed by atoms with Crippen LogP contribution in [-0.4, -0.2) is 56.1 Å². The van der Waals surface area contributed by atoms with Crippen LogP contribution in [0.3, 0.4) is 0 Å². The zero-order chi connectivity index (χ0) is 18.7. The van der Waals surface area contributed by atoms with E-state index in [0.717, 1.165) is 19.6 Å². The Morgan fingerprint density at radius 1 is 1.22 bits per heavy atom.